The molecule has 0 aliphatic carbocycles. The van der Waals surface area contributed by atoms with Crippen molar-refractivity contribution in [1.29, 1.82) is 0 Å². The van der Waals surface area contributed by atoms with E-state index >= 15 is 0 Å². The molecule has 0 N–H and O–H groups in total. The molecule has 5 rings (SSSR count). The van der Waals surface area contributed by atoms with E-state index in [1.54, 1.807) is 17.4 Å². The van der Waals surface area contributed by atoms with Gasteiger partial charge in [-0.05, 0) is 58.0 Å². The van der Waals surface area contributed by atoms with Gasteiger partial charge in [0, 0.05) is 54.3 Å². The molecule has 4 heterocycles. The van der Waals surface area contributed by atoms with Crippen molar-refractivity contribution in [3.8, 4) is 16.9 Å². The normalized spacial score (nSPS) is 16.4. The van der Waals surface area contributed by atoms with Gasteiger partial charge in [-0.1, -0.05) is 23.7 Å². The van der Waals surface area contributed by atoms with Gasteiger partial charge >= 0.3 is 6.09 Å². The van der Waals surface area contributed by atoms with Crippen LogP contribution in [0, 0.1) is 0 Å². The molecular weight excluding hydrogens is 476 g/mol. The number of halogens is 1. The minimum Gasteiger partial charge on any atom is -0.444 e. The summed E-state index contributed by atoms with van der Waals surface area (Å²) in [4.78, 5) is 30.7. The first-order valence-electron chi connectivity index (χ1n) is 12.0. The third-order valence-corrected chi connectivity index (χ3v) is 6.38. The summed E-state index contributed by atoms with van der Waals surface area (Å²) in [5.41, 5.74) is 2.91. The van der Waals surface area contributed by atoms with E-state index in [9.17, 15) is 4.79 Å². The fourth-order valence-electron chi connectivity index (χ4n) is 4.57. The molecule has 4 aromatic rings. The molecule has 1 amide bonds. The molecule has 0 saturated carbocycles. The van der Waals surface area contributed by atoms with Crippen LogP contribution in [0.5, 0.6) is 0 Å². The molecule has 0 bridgehead atoms. The van der Waals surface area contributed by atoms with Gasteiger partial charge in [-0.25, -0.2) is 14.8 Å². The largest absolute Gasteiger partial charge is 0.444 e. The smallest absolute Gasteiger partial charge is 0.410 e. The standard InChI is InChI=1S/C27H29ClN6O2/c1-18-15-32(26(35)36-27(2,3)4)12-13-33(18)24-23-21(22-10-5-6-11-29-22)16-34(25(23)31-17-30-24)20-9-7-8-19(28)14-20/h5-11,14,16-18H,12-13,15H2,1-4H3. The number of anilines is 1. The molecule has 1 fully saturated rings. The molecule has 3 aromatic heterocycles. The van der Waals surface area contributed by atoms with Gasteiger partial charge in [0.25, 0.3) is 0 Å². The first-order chi connectivity index (χ1) is 17.2. The fraction of sp³-hybridized carbons (Fsp3) is 0.333. The molecule has 1 unspecified atom stereocenters. The Morgan fingerprint density at radius 1 is 1.08 bits per heavy atom. The topological polar surface area (TPSA) is 76.4 Å². The van der Waals surface area contributed by atoms with Crippen LogP contribution < -0.4 is 4.90 Å². The quantitative estimate of drug-likeness (QED) is 0.362. The summed E-state index contributed by atoms with van der Waals surface area (Å²) in [7, 11) is 0. The molecule has 1 atom stereocenters. The Kier molecular flexibility index (Phi) is 6.30. The van der Waals surface area contributed by atoms with Gasteiger partial charge in [0.1, 0.15) is 17.7 Å². The van der Waals surface area contributed by atoms with E-state index in [1.807, 2.05) is 74.0 Å². The summed E-state index contributed by atoms with van der Waals surface area (Å²) >= 11 is 6.31. The van der Waals surface area contributed by atoms with Gasteiger partial charge in [0.05, 0.1) is 11.1 Å². The molecular formula is C27H29ClN6O2. The highest BCUT2D eigenvalue weighted by atomic mass is 35.5. The van der Waals surface area contributed by atoms with Crippen LogP contribution in [-0.2, 0) is 4.74 Å². The lowest BCUT2D eigenvalue weighted by atomic mass is 10.1. The molecule has 8 nitrogen and oxygen atoms in total. The molecule has 1 aromatic carbocycles. The second-order valence-corrected chi connectivity index (χ2v) is 10.4. The maximum Gasteiger partial charge on any atom is 0.410 e. The van der Waals surface area contributed by atoms with Gasteiger partial charge in [0.15, 0.2) is 5.65 Å². The molecule has 0 radical (unpaired) electrons. The van der Waals surface area contributed by atoms with E-state index < -0.39 is 5.60 Å². The maximum atomic E-state index is 12.7. The van der Waals surface area contributed by atoms with Crippen LogP contribution in [0.2, 0.25) is 5.02 Å². The van der Waals surface area contributed by atoms with Crippen molar-refractivity contribution in [2.24, 2.45) is 0 Å². The van der Waals surface area contributed by atoms with Crippen molar-refractivity contribution < 1.29 is 9.53 Å². The van der Waals surface area contributed by atoms with Crippen molar-refractivity contribution >= 4 is 34.5 Å². The van der Waals surface area contributed by atoms with Gasteiger partial charge in [-0.2, -0.15) is 0 Å². The Hall–Kier alpha value is -3.65. The molecule has 0 spiro atoms. The molecule has 1 saturated heterocycles. The first kappa shape index (κ1) is 24.1. The maximum absolute atomic E-state index is 12.7. The average molecular weight is 505 g/mol. The number of carbonyl (C=O) groups excluding carboxylic acids is 1. The summed E-state index contributed by atoms with van der Waals surface area (Å²) in [6.07, 6.45) is 5.12. The lowest BCUT2D eigenvalue weighted by molar-refractivity contribution is 0.0218. The van der Waals surface area contributed by atoms with Crippen LogP contribution in [-0.4, -0.2) is 61.8 Å². The highest BCUT2D eigenvalue weighted by Crippen LogP contribution is 2.37. The fourth-order valence-corrected chi connectivity index (χ4v) is 4.75. The molecule has 9 heteroatoms. The number of amides is 1. The number of rotatable bonds is 3. The van der Waals surface area contributed by atoms with Gasteiger partial charge in [-0.3, -0.25) is 4.98 Å². The summed E-state index contributed by atoms with van der Waals surface area (Å²) in [5, 5.41) is 1.56. The molecule has 36 heavy (non-hydrogen) atoms. The number of benzene rings is 1. The predicted molar refractivity (Wildman–Crippen MR) is 142 cm³/mol. The number of fused-ring (bicyclic) bond motifs is 1. The SMILES string of the molecule is CC1CN(C(=O)OC(C)(C)C)CCN1c1ncnc2c1c(-c1ccccn1)cn2-c1cccc(Cl)c1. The van der Waals surface area contributed by atoms with E-state index in [2.05, 4.69) is 21.8 Å². The van der Waals surface area contributed by atoms with Crippen molar-refractivity contribution in [3.63, 3.8) is 0 Å². The van der Waals surface area contributed by atoms with Gasteiger partial charge in [0.2, 0.25) is 0 Å². The minimum absolute atomic E-state index is 0.0236. The number of carbonyl (C=O) groups is 1. The Balaban J connectivity index is 1.58. The van der Waals surface area contributed by atoms with Crippen molar-refractivity contribution in [2.75, 3.05) is 24.5 Å². The number of ether oxygens (including phenoxy) is 1. The van der Waals surface area contributed by atoms with Gasteiger partial charge < -0.3 is 19.1 Å². The average Bonchev–Trinajstić information content (AvgIpc) is 3.24. The number of nitrogens with zero attached hydrogens (tertiary/aromatic N) is 6. The van der Waals surface area contributed by atoms with Crippen molar-refractivity contribution in [1.82, 2.24) is 24.4 Å². The summed E-state index contributed by atoms with van der Waals surface area (Å²) in [6, 6.07) is 13.6. The summed E-state index contributed by atoms with van der Waals surface area (Å²) < 4.78 is 7.62. The molecule has 186 valence electrons. The Labute approximate surface area is 215 Å². The van der Waals surface area contributed by atoms with Crippen molar-refractivity contribution in [3.05, 3.63) is 66.2 Å². The van der Waals surface area contributed by atoms with Crippen molar-refractivity contribution in [2.45, 2.75) is 39.3 Å². The van der Waals surface area contributed by atoms with E-state index in [0.29, 0.717) is 24.7 Å². The highest BCUT2D eigenvalue weighted by Gasteiger charge is 2.32. The number of piperazine rings is 1. The van der Waals surface area contributed by atoms with Crippen LogP contribution in [0.4, 0.5) is 10.6 Å². The summed E-state index contributed by atoms with van der Waals surface area (Å²) in [5.74, 6) is 0.817. The van der Waals surface area contributed by atoms with Crippen LogP contribution in [0.3, 0.4) is 0 Å². The Bertz CT molecular complexity index is 1400. The first-order valence-corrected chi connectivity index (χ1v) is 12.4. The Morgan fingerprint density at radius 3 is 2.61 bits per heavy atom. The van der Waals surface area contributed by atoms with E-state index in [0.717, 1.165) is 33.8 Å². The van der Waals surface area contributed by atoms with Crippen LogP contribution in [0.25, 0.3) is 28.0 Å². The second-order valence-electron chi connectivity index (χ2n) is 9.97. The number of hydrogen-bond acceptors (Lipinski definition) is 6. The number of pyridine rings is 1. The van der Waals surface area contributed by atoms with E-state index in [-0.39, 0.29) is 12.1 Å². The lowest BCUT2D eigenvalue weighted by Crippen LogP contribution is -2.54. The third-order valence-electron chi connectivity index (χ3n) is 6.14. The van der Waals surface area contributed by atoms with Crippen LogP contribution in [0.1, 0.15) is 27.7 Å². The van der Waals surface area contributed by atoms with Crippen LogP contribution >= 0.6 is 11.6 Å². The number of aromatic nitrogens is 4. The Morgan fingerprint density at radius 2 is 1.92 bits per heavy atom. The zero-order chi connectivity index (χ0) is 25.4. The van der Waals surface area contributed by atoms with E-state index in [4.69, 9.17) is 21.3 Å². The van der Waals surface area contributed by atoms with Gasteiger partial charge in [-0.15, -0.1) is 0 Å². The predicted octanol–water partition coefficient (Wildman–Crippen LogP) is 5.58. The lowest BCUT2D eigenvalue weighted by Gasteiger charge is -2.41. The second kappa shape index (κ2) is 9.43. The highest BCUT2D eigenvalue weighted by molar-refractivity contribution is 6.30. The molecule has 1 aliphatic heterocycles. The monoisotopic (exact) mass is 504 g/mol. The number of hydrogen-bond donors (Lipinski definition) is 0. The van der Waals surface area contributed by atoms with E-state index in [1.165, 1.54) is 0 Å². The zero-order valence-electron chi connectivity index (χ0n) is 20.8. The molecule has 1 aliphatic rings. The summed E-state index contributed by atoms with van der Waals surface area (Å²) in [6.45, 7) is 9.44. The third kappa shape index (κ3) is 4.73. The zero-order valence-corrected chi connectivity index (χ0v) is 21.6. The van der Waals surface area contributed by atoms with Crippen LogP contribution in [0.15, 0.2) is 61.2 Å². The minimum atomic E-state index is -0.531.